The van der Waals surface area contributed by atoms with Crippen LogP contribution in [0, 0.1) is 24.2 Å². The molecule has 0 heterocycles. The molecule has 22 heavy (non-hydrogen) atoms. The smallest absolute Gasteiger partial charge is 0.0994 e. The summed E-state index contributed by atoms with van der Waals surface area (Å²) in [5, 5.41) is 9.19. The Kier molecular flexibility index (Phi) is 5.39. The summed E-state index contributed by atoms with van der Waals surface area (Å²) in [5.41, 5.74) is 7.13. The zero-order chi connectivity index (χ0) is 16.1. The minimum atomic E-state index is 0.711. The molecule has 1 heteroatoms. The van der Waals surface area contributed by atoms with Crippen LogP contribution in [0.1, 0.15) is 49.4 Å². The van der Waals surface area contributed by atoms with Gasteiger partial charge in [0, 0.05) is 0 Å². The second kappa shape index (κ2) is 7.27. The van der Waals surface area contributed by atoms with Crippen molar-refractivity contribution in [1.82, 2.24) is 0 Å². The van der Waals surface area contributed by atoms with E-state index in [1.807, 2.05) is 6.07 Å². The number of rotatable bonds is 5. The van der Waals surface area contributed by atoms with Gasteiger partial charge in [0.15, 0.2) is 0 Å². The molecule has 114 valence electrons. The van der Waals surface area contributed by atoms with Crippen molar-refractivity contribution in [1.29, 1.82) is 5.26 Å². The SMILES string of the molecule is CCc1cc(-c2cc(CC(C)CC)ccc2C)ccc1C#N. The fraction of sp³-hybridized carbons (Fsp3) is 0.381. The van der Waals surface area contributed by atoms with E-state index >= 15 is 0 Å². The van der Waals surface area contributed by atoms with Gasteiger partial charge in [-0.3, -0.25) is 0 Å². The van der Waals surface area contributed by atoms with E-state index in [0.717, 1.165) is 24.0 Å². The highest BCUT2D eigenvalue weighted by molar-refractivity contribution is 5.69. The molecule has 0 saturated heterocycles. The topological polar surface area (TPSA) is 23.8 Å². The number of hydrogen-bond acceptors (Lipinski definition) is 1. The minimum Gasteiger partial charge on any atom is -0.192 e. The van der Waals surface area contributed by atoms with E-state index in [4.69, 9.17) is 0 Å². The highest BCUT2D eigenvalue weighted by atomic mass is 14.2. The molecule has 1 atom stereocenters. The molecule has 1 unspecified atom stereocenters. The highest BCUT2D eigenvalue weighted by Gasteiger charge is 2.08. The van der Waals surface area contributed by atoms with Crippen LogP contribution in [-0.4, -0.2) is 0 Å². The Morgan fingerprint density at radius 1 is 1.09 bits per heavy atom. The predicted molar refractivity (Wildman–Crippen MR) is 93.9 cm³/mol. The van der Waals surface area contributed by atoms with Gasteiger partial charge >= 0.3 is 0 Å². The van der Waals surface area contributed by atoms with Crippen LogP contribution >= 0.6 is 0 Å². The number of nitriles is 1. The summed E-state index contributed by atoms with van der Waals surface area (Å²) in [5.74, 6) is 0.711. The fourth-order valence-corrected chi connectivity index (χ4v) is 2.82. The molecule has 0 N–H and O–H groups in total. The molecule has 2 aromatic carbocycles. The quantitative estimate of drug-likeness (QED) is 0.694. The van der Waals surface area contributed by atoms with Gasteiger partial charge in [-0.2, -0.15) is 5.26 Å². The van der Waals surface area contributed by atoms with Crippen LogP contribution in [0.25, 0.3) is 11.1 Å². The van der Waals surface area contributed by atoms with Crippen molar-refractivity contribution in [2.45, 2.75) is 47.0 Å². The lowest BCUT2D eigenvalue weighted by atomic mass is 9.91. The van der Waals surface area contributed by atoms with Crippen LogP contribution in [0.5, 0.6) is 0 Å². The second-order valence-corrected chi connectivity index (χ2v) is 6.20. The van der Waals surface area contributed by atoms with Gasteiger partial charge < -0.3 is 0 Å². The first-order valence-electron chi connectivity index (χ1n) is 8.21. The first-order chi connectivity index (χ1) is 10.6. The Balaban J connectivity index is 2.43. The Hall–Kier alpha value is -2.07. The van der Waals surface area contributed by atoms with Crippen molar-refractivity contribution in [2.24, 2.45) is 5.92 Å². The number of benzene rings is 2. The molecule has 1 nitrogen and oxygen atoms in total. The van der Waals surface area contributed by atoms with Crippen LogP contribution in [0.2, 0.25) is 0 Å². The second-order valence-electron chi connectivity index (χ2n) is 6.20. The number of hydrogen-bond donors (Lipinski definition) is 0. The predicted octanol–water partition coefficient (Wildman–Crippen LogP) is 5.68. The van der Waals surface area contributed by atoms with E-state index in [2.05, 4.69) is 64.1 Å². The Labute approximate surface area is 134 Å². The van der Waals surface area contributed by atoms with Crippen LogP contribution in [0.3, 0.4) is 0 Å². The summed E-state index contributed by atoms with van der Waals surface area (Å²) >= 11 is 0. The van der Waals surface area contributed by atoms with E-state index in [9.17, 15) is 5.26 Å². The van der Waals surface area contributed by atoms with Crippen molar-refractivity contribution < 1.29 is 0 Å². The molecular weight excluding hydrogens is 266 g/mol. The van der Waals surface area contributed by atoms with Crippen LogP contribution in [0.4, 0.5) is 0 Å². The molecule has 0 fully saturated rings. The van der Waals surface area contributed by atoms with Gasteiger partial charge in [-0.05, 0) is 65.6 Å². The van der Waals surface area contributed by atoms with Crippen LogP contribution < -0.4 is 0 Å². The van der Waals surface area contributed by atoms with Crippen molar-refractivity contribution >= 4 is 0 Å². The third-order valence-corrected chi connectivity index (χ3v) is 4.50. The van der Waals surface area contributed by atoms with Gasteiger partial charge in [-0.25, -0.2) is 0 Å². The molecule has 0 saturated carbocycles. The molecule has 0 spiro atoms. The molecule has 0 aliphatic heterocycles. The average molecular weight is 291 g/mol. The molecule has 0 aliphatic carbocycles. The standard InChI is InChI=1S/C21H25N/c1-5-15(3)11-17-8-7-16(4)21(12-17)19-9-10-20(14-22)18(6-2)13-19/h7-10,12-13,15H,5-6,11H2,1-4H3. The number of nitrogens with zero attached hydrogens (tertiary/aromatic N) is 1. The zero-order valence-corrected chi connectivity index (χ0v) is 14.1. The van der Waals surface area contributed by atoms with E-state index in [1.165, 1.54) is 28.7 Å². The van der Waals surface area contributed by atoms with E-state index in [0.29, 0.717) is 5.92 Å². The Morgan fingerprint density at radius 2 is 1.86 bits per heavy atom. The summed E-state index contributed by atoms with van der Waals surface area (Å²) < 4.78 is 0. The van der Waals surface area contributed by atoms with Gasteiger partial charge in [-0.15, -0.1) is 0 Å². The summed E-state index contributed by atoms with van der Waals surface area (Å²) in [4.78, 5) is 0. The Morgan fingerprint density at radius 3 is 2.50 bits per heavy atom. The lowest BCUT2D eigenvalue weighted by molar-refractivity contribution is 0.560. The molecule has 0 amide bonds. The first-order valence-corrected chi connectivity index (χ1v) is 8.21. The first kappa shape index (κ1) is 16.3. The normalized spacial score (nSPS) is 12.0. The monoisotopic (exact) mass is 291 g/mol. The van der Waals surface area contributed by atoms with Gasteiger partial charge in [0.25, 0.3) is 0 Å². The van der Waals surface area contributed by atoms with Gasteiger partial charge in [-0.1, -0.05) is 51.5 Å². The van der Waals surface area contributed by atoms with Crippen molar-refractivity contribution in [3.05, 3.63) is 58.7 Å². The molecule has 0 aliphatic rings. The molecule has 0 aromatic heterocycles. The van der Waals surface area contributed by atoms with Gasteiger partial charge in [0.2, 0.25) is 0 Å². The molecule has 2 rings (SSSR count). The van der Waals surface area contributed by atoms with E-state index in [1.54, 1.807) is 0 Å². The van der Waals surface area contributed by atoms with Crippen LogP contribution in [0.15, 0.2) is 36.4 Å². The van der Waals surface area contributed by atoms with E-state index < -0.39 is 0 Å². The fourth-order valence-electron chi connectivity index (χ4n) is 2.82. The maximum Gasteiger partial charge on any atom is 0.0994 e. The lowest BCUT2D eigenvalue weighted by Crippen LogP contribution is -1.99. The third kappa shape index (κ3) is 3.57. The summed E-state index contributed by atoms with van der Waals surface area (Å²) in [6, 6.07) is 15.3. The molecular formula is C21H25N. The molecule has 0 radical (unpaired) electrons. The molecule has 2 aromatic rings. The largest absolute Gasteiger partial charge is 0.192 e. The van der Waals surface area contributed by atoms with Gasteiger partial charge in [0.05, 0.1) is 11.6 Å². The maximum atomic E-state index is 9.19. The summed E-state index contributed by atoms with van der Waals surface area (Å²) in [7, 11) is 0. The summed E-state index contributed by atoms with van der Waals surface area (Å²) in [6.45, 7) is 8.81. The Bertz CT molecular complexity index is 692. The maximum absolute atomic E-state index is 9.19. The molecule has 0 bridgehead atoms. The summed E-state index contributed by atoms with van der Waals surface area (Å²) in [6.07, 6.45) is 3.23. The minimum absolute atomic E-state index is 0.711. The average Bonchev–Trinajstić information content (AvgIpc) is 2.55. The van der Waals surface area contributed by atoms with Crippen LogP contribution in [-0.2, 0) is 12.8 Å². The van der Waals surface area contributed by atoms with Gasteiger partial charge in [0.1, 0.15) is 0 Å². The number of aryl methyl sites for hydroxylation is 2. The third-order valence-electron chi connectivity index (χ3n) is 4.50. The van der Waals surface area contributed by atoms with Crippen molar-refractivity contribution in [2.75, 3.05) is 0 Å². The highest BCUT2D eigenvalue weighted by Crippen LogP contribution is 2.28. The zero-order valence-electron chi connectivity index (χ0n) is 14.1. The lowest BCUT2D eigenvalue weighted by Gasteiger charge is -2.13. The van der Waals surface area contributed by atoms with Crippen molar-refractivity contribution in [3.63, 3.8) is 0 Å². The van der Waals surface area contributed by atoms with Crippen molar-refractivity contribution in [3.8, 4) is 17.2 Å². The van der Waals surface area contributed by atoms with E-state index in [-0.39, 0.29) is 0 Å².